The Hall–Kier alpha value is -0.0800. The van der Waals surface area contributed by atoms with Crippen molar-refractivity contribution in [3.63, 3.8) is 0 Å². The highest BCUT2D eigenvalue weighted by atomic mass is 16.5. The minimum Gasteiger partial charge on any atom is -0.374 e. The van der Waals surface area contributed by atoms with E-state index in [0.29, 0.717) is 12.5 Å². The standard InChI is InChI=1S/C11H25NO/c1-6-9(2)7-10(12)8-13-11(3,4)5/h9-10H,6-8,12H2,1-5H3. The summed E-state index contributed by atoms with van der Waals surface area (Å²) in [6.07, 6.45) is 2.26. The highest BCUT2D eigenvalue weighted by Crippen LogP contribution is 2.12. The zero-order valence-electron chi connectivity index (χ0n) is 9.76. The van der Waals surface area contributed by atoms with Gasteiger partial charge in [-0.15, -0.1) is 0 Å². The molecule has 0 saturated carbocycles. The van der Waals surface area contributed by atoms with Crippen LogP contribution in [0.4, 0.5) is 0 Å². The summed E-state index contributed by atoms with van der Waals surface area (Å²) in [5, 5.41) is 0. The molecular formula is C11H25NO. The van der Waals surface area contributed by atoms with Crippen LogP contribution in [0.5, 0.6) is 0 Å². The van der Waals surface area contributed by atoms with E-state index in [1.807, 2.05) is 0 Å². The molecule has 0 spiro atoms. The Bertz CT molecular complexity index is 129. The largest absolute Gasteiger partial charge is 0.374 e. The van der Waals surface area contributed by atoms with Gasteiger partial charge < -0.3 is 10.5 Å². The topological polar surface area (TPSA) is 35.2 Å². The molecule has 0 aliphatic carbocycles. The average molecular weight is 187 g/mol. The Morgan fingerprint density at radius 2 is 1.85 bits per heavy atom. The number of nitrogens with two attached hydrogens (primary N) is 1. The van der Waals surface area contributed by atoms with Crippen LogP contribution < -0.4 is 5.73 Å². The minimum atomic E-state index is -0.0624. The summed E-state index contributed by atoms with van der Waals surface area (Å²) in [7, 11) is 0. The molecule has 0 radical (unpaired) electrons. The van der Waals surface area contributed by atoms with Gasteiger partial charge in [-0.1, -0.05) is 20.3 Å². The van der Waals surface area contributed by atoms with Gasteiger partial charge in [-0.3, -0.25) is 0 Å². The summed E-state index contributed by atoms with van der Waals surface area (Å²) in [6.45, 7) is 11.3. The lowest BCUT2D eigenvalue weighted by Gasteiger charge is -2.23. The second kappa shape index (κ2) is 5.61. The van der Waals surface area contributed by atoms with Crippen LogP contribution in [0.15, 0.2) is 0 Å². The molecule has 0 heterocycles. The molecule has 0 saturated heterocycles. The van der Waals surface area contributed by atoms with Gasteiger partial charge in [0.15, 0.2) is 0 Å². The third-order valence-electron chi connectivity index (χ3n) is 2.13. The molecule has 0 aromatic heterocycles. The Morgan fingerprint density at radius 1 is 1.31 bits per heavy atom. The Balaban J connectivity index is 3.57. The van der Waals surface area contributed by atoms with E-state index in [-0.39, 0.29) is 11.6 Å². The highest BCUT2D eigenvalue weighted by Gasteiger charge is 2.14. The van der Waals surface area contributed by atoms with Crippen LogP contribution in [0.25, 0.3) is 0 Å². The van der Waals surface area contributed by atoms with Crippen LogP contribution >= 0.6 is 0 Å². The molecule has 2 atom stereocenters. The Labute approximate surface area is 82.8 Å². The second-order valence-corrected chi connectivity index (χ2v) is 4.93. The van der Waals surface area contributed by atoms with Crippen LogP contribution in [0, 0.1) is 5.92 Å². The van der Waals surface area contributed by atoms with E-state index in [0.717, 1.165) is 6.42 Å². The van der Waals surface area contributed by atoms with Gasteiger partial charge in [-0.05, 0) is 33.1 Å². The fraction of sp³-hybridized carbons (Fsp3) is 1.00. The lowest BCUT2D eigenvalue weighted by atomic mass is 10.0. The molecule has 0 amide bonds. The molecule has 2 N–H and O–H groups in total. The summed E-state index contributed by atoms with van der Waals surface area (Å²) >= 11 is 0. The maximum absolute atomic E-state index is 5.93. The molecule has 0 fully saturated rings. The van der Waals surface area contributed by atoms with Crippen molar-refractivity contribution in [2.45, 2.75) is 59.1 Å². The van der Waals surface area contributed by atoms with Crippen molar-refractivity contribution in [3.05, 3.63) is 0 Å². The highest BCUT2D eigenvalue weighted by molar-refractivity contribution is 4.67. The van der Waals surface area contributed by atoms with Gasteiger partial charge in [0.05, 0.1) is 12.2 Å². The third-order valence-corrected chi connectivity index (χ3v) is 2.13. The molecule has 2 nitrogen and oxygen atoms in total. The van der Waals surface area contributed by atoms with Crippen LogP contribution in [-0.2, 0) is 4.74 Å². The zero-order chi connectivity index (χ0) is 10.5. The van der Waals surface area contributed by atoms with Gasteiger partial charge in [0.2, 0.25) is 0 Å². The molecule has 2 unspecified atom stereocenters. The van der Waals surface area contributed by atoms with Crippen molar-refractivity contribution in [3.8, 4) is 0 Å². The first-order valence-electron chi connectivity index (χ1n) is 5.24. The molecule has 0 aromatic carbocycles. The van der Waals surface area contributed by atoms with E-state index in [1.54, 1.807) is 0 Å². The van der Waals surface area contributed by atoms with Gasteiger partial charge in [-0.25, -0.2) is 0 Å². The summed E-state index contributed by atoms with van der Waals surface area (Å²) in [5.74, 6) is 0.707. The van der Waals surface area contributed by atoms with E-state index < -0.39 is 0 Å². The molecule has 0 aliphatic rings. The van der Waals surface area contributed by atoms with Crippen molar-refractivity contribution in [2.24, 2.45) is 11.7 Å². The summed E-state index contributed by atoms with van der Waals surface area (Å²) in [6, 6.07) is 0.189. The molecule has 0 aromatic rings. The molecule has 0 bridgehead atoms. The lowest BCUT2D eigenvalue weighted by molar-refractivity contribution is -0.0122. The van der Waals surface area contributed by atoms with Crippen molar-refractivity contribution in [1.82, 2.24) is 0 Å². The van der Waals surface area contributed by atoms with Crippen LogP contribution in [0.3, 0.4) is 0 Å². The summed E-state index contributed by atoms with van der Waals surface area (Å²) in [5.41, 5.74) is 5.87. The predicted molar refractivity (Wildman–Crippen MR) is 57.8 cm³/mol. The fourth-order valence-corrected chi connectivity index (χ4v) is 1.11. The van der Waals surface area contributed by atoms with Gasteiger partial charge in [0.25, 0.3) is 0 Å². The maximum Gasteiger partial charge on any atom is 0.0624 e. The van der Waals surface area contributed by atoms with Gasteiger partial charge >= 0.3 is 0 Å². The first kappa shape index (κ1) is 12.9. The molecular weight excluding hydrogens is 162 g/mol. The number of rotatable bonds is 5. The van der Waals surface area contributed by atoms with Gasteiger partial charge in [-0.2, -0.15) is 0 Å². The molecule has 13 heavy (non-hydrogen) atoms. The second-order valence-electron chi connectivity index (χ2n) is 4.93. The lowest BCUT2D eigenvalue weighted by Crippen LogP contribution is -2.33. The normalized spacial score (nSPS) is 17.1. The third kappa shape index (κ3) is 8.26. The van der Waals surface area contributed by atoms with E-state index in [2.05, 4.69) is 34.6 Å². The quantitative estimate of drug-likeness (QED) is 0.718. The van der Waals surface area contributed by atoms with Gasteiger partial charge in [0.1, 0.15) is 0 Å². The number of hydrogen-bond acceptors (Lipinski definition) is 2. The fourth-order valence-electron chi connectivity index (χ4n) is 1.11. The monoisotopic (exact) mass is 187 g/mol. The minimum absolute atomic E-state index is 0.0624. The Morgan fingerprint density at radius 3 is 2.23 bits per heavy atom. The van der Waals surface area contributed by atoms with E-state index in [4.69, 9.17) is 10.5 Å². The number of hydrogen-bond donors (Lipinski definition) is 1. The SMILES string of the molecule is CCC(C)CC(N)COC(C)(C)C. The van der Waals surface area contributed by atoms with Crippen molar-refractivity contribution >= 4 is 0 Å². The van der Waals surface area contributed by atoms with Crippen molar-refractivity contribution in [2.75, 3.05) is 6.61 Å². The molecule has 0 rings (SSSR count). The van der Waals surface area contributed by atoms with Crippen LogP contribution in [0.2, 0.25) is 0 Å². The van der Waals surface area contributed by atoms with Gasteiger partial charge in [0, 0.05) is 6.04 Å². The van der Waals surface area contributed by atoms with Crippen molar-refractivity contribution in [1.29, 1.82) is 0 Å². The summed E-state index contributed by atoms with van der Waals surface area (Å²) < 4.78 is 5.61. The van der Waals surface area contributed by atoms with E-state index >= 15 is 0 Å². The number of ether oxygens (including phenoxy) is 1. The Kier molecular flexibility index (Phi) is 5.57. The molecule has 80 valence electrons. The first-order chi connectivity index (χ1) is 5.85. The van der Waals surface area contributed by atoms with Crippen LogP contribution in [0.1, 0.15) is 47.5 Å². The molecule has 2 heteroatoms. The summed E-state index contributed by atoms with van der Waals surface area (Å²) in [4.78, 5) is 0. The first-order valence-corrected chi connectivity index (χ1v) is 5.24. The maximum atomic E-state index is 5.93. The molecule has 0 aliphatic heterocycles. The predicted octanol–water partition coefficient (Wildman–Crippen LogP) is 2.57. The van der Waals surface area contributed by atoms with E-state index in [1.165, 1.54) is 6.42 Å². The average Bonchev–Trinajstić information content (AvgIpc) is 1.99. The van der Waals surface area contributed by atoms with Crippen molar-refractivity contribution < 1.29 is 4.74 Å². The zero-order valence-corrected chi connectivity index (χ0v) is 9.76. The van der Waals surface area contributed by atoms with Crippen LogP contribution in [-0.4, -0.2) is 18.2 Å². The van der Waals surface area contributed by atoms with E-state index in [9.17, 15) is 0 Å². The smallest absolute Gasteiger partial charge is 0.0624 e.